The quantitative estimate of drug-likeness (QED) is 0.786. The van der Waals surface area contributed by atoms with Gasteiger partial charge in [0.05, 0.1) is 0 Å². The molecule has 2 rings (SSSR count). The van der Waals surface area contributed by atoms with Crippen LogP contribution in [0.2, 0.25) is 0 Å². The van der Waals surface area contributed by atoms with Crippen molar-refractivity contribution in [1.29, 1.82) is 0 Å². The summed E-state index contributed by atoms with van der Waals surface area (Å²) in [6.07, 6.45) is 3.03. The number of aromatic nitrogens is 1. The summed E-state index contributed by atoms with van der Waals surface area (Å²) in [7, 11) is 0. The van der Waals surface area contributed by atoms with Crippen molar-refractivity contribution in [2.24, 2.45) is 0 Å². The Kier molecular flexibility index (Phi) is 5.36. The van der Waals surface area contributed by atoms with Gasteiger partial charge in [-0.1, -0.05) is 13.0 Å². The van der Waals surface area contributed by atoms with Gasteiger partial charge in [0.1, 0.15) is 12.4 Å². The van der Waals surface area contributed by atoms with Gasteiger partial charge in [0, 0.05) is 34.9 Å². The van der Waals surface area contributed by atoms with Crippen molar-refractivity contribution in [3.63, 3.8) is 0 Å². The molecular formula is C15H20N2OS. The van der Waals surface area contributed by atoms with Gasteiger partial charge in [-0.2, -0.15) is 0 Å². The van der Waals surface area contributed by atoms with Crippen LogP contribution in [0.25, 0.3) is 0 Å². The van der Waals surface area contributed by atoms with Crippen LogP contribution in [0.4, 0.5) is 0 Å². The maximum absolute atomic E-state index is 5.92. The van der Waals surface area contributed by atoms with Crippen molar-refractivity contribution in [2.45, 2.75) is 33.4 Å². The first kappa shape index (κ1) is 14.0. The normalized spacial score (nSPS) is 10.6. The zero-order valence-electron chi connectivity index (χ0n) is 11.5. The lowest BCUT2D eigenvalue weighted by Crippen LogP contribution is -2.15. The fourth-order valence-electron chi connectivity index (χ4n) is 1.77. The van der Waals surface area contributed by atoms with Crippen LogP contribution in [0, 0.1) is 6.92 Å². The van der Waals surface area contributed by atoms with E-state index in [-0.39, 0.29) is 0 Å². The molecular weight excluding hydrogens is 256 g/mol. The minimum atomic E-state index is 0.627. The van der Waals surface area contributed by atoms with E-state index < -0.39 is 0 Å². The number of hydrogen-bond acceptors (Lipinski definition) is 4. The number of hydrogen-bond donors (Lipinski definition) is 1. The first-order valence-corrected chi connectivity index (χ1v) is 7.49. The van der Waals surface area contributed by atoms with E-state index in [1.54, 1.807) is 11.3 Å². The Bertz CT molecular complexity index is 497. The fraction of sp³-hybridized carbons (Fsp3) is 0.400. The van der Waals surface area contributed by atoms with Crippen LogP contribution in [0.15, 0.2) is 29.8 Å². The lowest BCUT2D eigenvalue weighted by atomic mass is 10.2. The second kappa shape index (κ2) is 7.26. The average molecular weight is 276 g/mol. The Balaban J connectivity index is 2.01. The van der Waals surface area contributed by atoms with E-state index in [0.717, 1.165) is 36.5 Å². The summed E-state index contributed by atoms with van der Waals surface area (Å²) in [6, 6.07) is 6.15. The molecule has 0 atom stereocenters. The van der Waals surface area contributed by atoms with E-state index in [9.17, 15) is 0 Å². The van der Waals surface area contributed by atoms with Gasteiger partial charge in [-0.25, -0.2) is 0 Å². The molecule has 0 bridgehead atoms. The number of rotatable bonds is 7. The van der Waals surface area contributed by atoms with Crippen LogP contribution in [0.3, 0.4) is 0 Å². The molecule has 0 unspecified atom stereocenters. The lowest BCUT2D eigenvalue weighted by molar-refractivity contribution is 0.305. The molecule has 19 heavy (non-hydrogen) atoms. The van der Waals surface area contributed by atoms with Gasteiger partial charge >= 0.3 is 0 Å². The molecule has 0 spiro atoms. The highest BCUT2D eigenvalue weighted by Crippen LogP contribution is 2.21. The number of nitrogens with one attached hydrogen (secondary N) is 1. The van der Waals surface area contributed by atoms with Gasteiger partial charge in [0.25, 0.3) is 0 Å². The van der Waals surface area contributed by atoms with Crippen LogP contribution < -0.4 is 10.1 Å². The molecule has 0 aliphatic carbocycles. The van der Waals surface area contributed by atoms with E-state index in [2.05, 4.69) is 28.7 Å². The minimum Gasteiger partial charge on any atom is -0.488 e. The van der Waals surface area contributed by atoms with Gasteiger partial charge in [0.15, 0.2) is 0 Å². The fourth-order valence-corrected chi connectivity index (χ4v) is 2.39. The summed E-state index contributed by atoms with van der Waals surface area (Å²) in [5.41, 5.74) is 2.11. The SMILES string of the molecule is CCCNCc1cnc(C)cc1OCc1cccs1. The standard InChI is InChI=1S/C15H20N2OS/c1-3-6-16-9-13-10-17-12(2)8-15(13)18-11-14-5-4-7-19-14/h4-5,7-8,10,16H,3,6,9,11H2,1-2H3. The Morgan fingerprint density at radius 3 is 3.05 bits per heavy atom. The molecule has 0 aliphatic rings. The van der Waals surface area contributed by atoms with Crippen molar-refractivity contribution in [1.82, 2.24) is 10.3 Å². The summed E-state index contributed by atoms with van der Waals surface area (Å²) in [5, 5.41) is 5.46. The van der Waals surface area contributed by atoms with Gasteiger partial charge in [-0.3, -0.25) is 4.98 Å². The zero-order chi connectivity index (χ0) is 13.5. The molecule has 102 valence electrons. The first-order chi connectivity index (χ1) is 9.29. The van der Waals surface area contributed by atoms with Crippen LogP contribution in [-0.2, 0) is 13.2 Å². The highest BCUT2D eigenvalue weighted by molar-refractivity contribution is 7.09. The maximum Gasteiger partial charge on any atom is 0.127 e. The maximum atomic E-state index is 5.92. The number of pyridine rings is 1. The van der Waals surface area contributed by atoms with Crippen molar-refractivity contribution in [2.75, 3.05) is 6.54 Å². The van der Waals surface area contributed by atoms with Crippen LogP contribution >= 0.6 is 11.3 Å². The zero-order valence-corrected chi connectivity index (χ0v) is 12.3. The molecule has 2 aromatic heterocycles. The van der Waals surface area contributed by atoms with E-state index >= 15 is 0 Å². The molecule has 0 fully saturated rings. The molecule has 2 aromatic rings. The van der Waals surface area contributed by atoms with Gasteiger partial charge in [0.2, 0.25) is 0 Å². The third-order valence-corrected chi connectivity index (χ3v) is 3.62. The number of nitrogens with zero attached hydrogens (tertiary/aromatic N) is 1. The lowest BCUT2D eigenvalue weighted by Gasteiger charge is -2.12. The van der Waals surface area contributed by atoms with Crippen molar-refractivity contribution >= 4 is 11.3 Å². The first-order valence-electron chi connectivity index (χ1n) is 6.61. The number of ether oxygens (including phenoxy) is 1. The van der Waals surface area contributed by atoms with Crippen LogP contribution in [0.1, 0.15) is 29.5 Å². The van der Waals surface area contributed by atoms with E-state index in [1.165, 1.54) is 4.88 Å². The topological polar surface area (TPSA) is 34.2 Å². The molecule has 0 amide bonds. The molecule has 4 heteroatoms. The highest BCUT2D eigenvalue weighted by atomic mass is 32.1. The molecule has 2 heterocycles. The van der Waals surface area contributed by atoms with Crippen molar-refractivity contribution in [3.8, 4) is 5.75 Å². The van der Waals surface area contributed by atoms with Gasteiger partial charge in [-0.15, -0.1) is 11.3 Å². The summed E-state index contributed by atoms with van der Waals surface area (Å²) in [6.45, 7) is 6.59. The summed E-state index contributed by atoms with van der Waals surface area (Å²) in [4.78, 5) is 5.58. The van der Waals surface area contributed by atoms with Gasteiger partial charge in [-0.05, 0) is 31.3 Å². The Labute approximate surface area is 118 Å². The molecule has 0 aliphatic heterocycles. The third-order valence-electron chi connectivity index (χ3n) is 2.77. The monoisotopic (exact) mass is 276 g/mol. The second-order valence-electron chi connectivity index (χ2n) is 4.48. The number of thiophene rings is 1. The smallest absolute Gasteiger partial charge is 0.127 e. The van der Waals surface area contributed by atoms with Crippen molar-refractivity contribution < 1.29 is 4.74 Å². The van der Waals surface area contributed by atoms with Crippen molar-refractivity contribution in [3.05, 3.63) is 45.9 Å². The molecule has 3 nitrogen and oxygen atoms in total. The Morgan fingerprint density at radius 2 is 2.32 bits per heavy atom. The second-order valence-corrected chi connectivity index (χ2v) is 5.51. The largest absolute Gasteiger partial charge is 0.488 e. The minimum absolute atomic E-state index is 0.627. The van der Waals surface area contributed by atoms with Crippen LogP contribution in [0.5, 0.6) is 5.75 Å². The number of aryl methyl sites for hydroxylation is 1. The predicted octanol–water partition coefficient (Wildman–Crippen LogP) is 3.53. The molecule has 1 N–H and O–H groups in total. The van der Waals surface area contributed by atoms with Crippen LogP contribution in [-0.4, -0.2) is 11.5 Å². The Morgan fingerprint density at radius 1 is 1.42 bits per heavy atom. The average Bonchev–Trinajstić information content (AvgIpc) is 2.92. The summed E-state index contributed by atoms with van der Waals surface area (Å²) < 4.78 is 5.92. The van der Waals surface area contributed by atoms with E-state index in [1.807, 2.05) is 25.3 Å². The molecule has 0 radical (unpaired) electrons. The molecule has 0 saturated carbocycles. The summed E-state index contributed by atoms with van der Waals surface area (Å²) >= 11 is 1.72. The molecule has 0 aromatic carbocycles. The Hall–Kier alpha value is -1.39. The third kappa shape index (κ3) is 4.33. The highest BCUT2D eigenvalue weighted by Gasteiger charge is 2.05. The summed E-state index contributed by atoms with van der Waals surface area (Å²) in [5.74, 6) is 0.935. The molecule has 0 saturated heterocycles. The predicted molar refractivity (Wildman–Crippen MR) is 79.6 cm³/mol. The van der Waals surface area contributed by atoms with E-state index in [4.69, 9.17) is 4.74 Å². The van der Waals surface area contributed by atoms with E-state index in [0.29, 0.717) is 6.61 Å². The van der Waals surface area contributed by atoms with Gasteiger partial charge < -0.3 is 10.1 Å².